The second kappa shape index (κ2) is 6.63. The summed E-state index contributed by atoms with van der Waals surface area (Å²) in [6, 6.07) is 3.69. The maximum absolute atomic E-state index is 12.7. The van der Waals surface area contributed by atoms with Gasteiger partial charge in [-0.15, -0.1) is 0 Å². The number of pyridine rings is 1. The first-order valence-corrected chi connectivity index (χ1v) is 8.59. The van der Waals surface area contributed by atoms with Crippen LogP contribution in [-0.2, 0) is 24.4 Å². The molecule has 1 saturated carbocycles. The van der Waals surface area contributed by atoms with E-state index in [0.29, 0.717) is 24.8 Å². The van der Waals surface area contributed by atoms with Gasteiger partial charge in [-0.05, 0) is 25.0 Å². The Kier molecular flexibility index (Phi) is 4.19. The minimum absolute atomic E-state index is 0.210. The van der Waals surface area contributed by atoms with E-state index in [2.05, 4.69) is 10.1 Å². The second-order valence-electron chi connectivity index (χ2n) is 6.50. The van der Waals surface area contributed by atoms with Crippen LogP contribution in [-0.4, -0.2) is 27.5 Å². The van der Waals surface area contributed by atoms with Crippen molar-refractivity contribution < 1.29 is 14.1 Å². The van der Waals surface area contributed by atoms with E-state index >= 15 is 0 Å². The summed E-state index contributed by atoms with van der Waals surface area (Å²) in [4.78, 5) is 18.6. The molecule has 0 aromatic carbocycles. The molecule has 0 atom stereocenters. The molecule has 0 spiro atoms. The first-order chi connectivity index (χ1) is 11.8. The van der Waals surface area contributed by atoms with Crippen LogP contribution >= 0.6 is 0 Å². The minimum Gasteiger partial charge on any atom is -0.486 e. The number of carbonyl (C=O) groups excluding carboxylic acids is 1. The van der Waals surface area contributed by atoms with Crippen molar-refractivity contribution in [2.45, 2.75) is 45.3 Å². The Morgan fingerprint density at radius 2 is 2.25 bits per heavy atom. The number of rotatable bonds is 4. The summed E-state index contributed by atoms with van der Waals surface area (Å²) < 4.78 is 11.2. The first-order valence-electron chi connectivity index (χ1n) is 8.59. The van der Waals surface area contributed by atoms with Crippen molar-refractivity contribution in [2.75, 3.05) is 6.54 Å². The quantitative estimate of drug-likeness (QED) is 0.863. The molecule has 0 radical (unpaired) electrons. The predicted molar refractivity (Wildman–Crippen MR) is 86.2 cm³/mol. The van der Waals surface area contributed by atoms with Crippen LogP contribution in [0.25, 0.3) is 0 Å². The van der Waals surface area contributed by atoms with Gasteiger partial charge in [-0.1, -0.05) is 18.0 Å². The van der Waals surface area contributed by atoms with Gasteiger partial charge < -0.3 is 14.2 Å². The second-order valence-corrected chi connectivity index (χ2v) is 6.50. The summed E-state index contributed by atoms with van der Waals surface area (Å²) in [5.41, 5.74) is 1.79. The molecule has 6 nitrogen and oxygen atoms in total. The number of ether oxygens (including phenoxy) is 1. The van der Waals surface area contributed by atoms with Gasteiger partial charge in [0, 0.05) is 30.6 Å². The summed E-state index contributed by atoms with van der Waals surface area (Å²) in [5.74, 6) is 2.08. The molecule has 6 heteroatoms. The van der Waals surface area contributed by atoms with Crippen LogP contribution in [0, 0.1) is 5.92 Å². The zero-order valence-electron chi connectivity index (χ0n) is 13.6. The smallest absolute Gasteiger partial charge is 0.225 e. The number of amides is 1. The van der Waals surface area contributed by atoms with E-state index in [4.69, 9.17) is 9.26 Å². The molecule has 1 fully saturated rings. The van der Waals surface area contributed by atoms with Crippen LogP contribution in [0.5, 0.6) is 5.75 Å². The van der Waals surface area contributed by atoms with E-state index < -0.39 is 0 Å². The lowest BCUT2D eigenvalue weighted by Gasteiger charge is -2.28. The highest BCUT2D eigenvalue weighted by Crippen LogP contribution is 2.30. The fraction of sp³-hybridized carbons (Fsp3) is 0.500. The fourth-order valence-corrected chi connectivity index (χ4v) is 3.58. The Hall–Kier alpha value is -2.37. The molecule has 2 aromatic rings. The maximum atomic E-state index is 12.7. The standard InChI is InChI=1S/C18H21N3O3/c22-18(13-4-1-2-5-13)21-9-7-17-15(11-21)16(20-24-17)12-23-14-6-3-8-19-10-14/h3,6,8,10,13H,1-2,4-5,7,9,11-12H2. The number of nitrogens with zero attached hydrogens (tertiary/aromatic N) is 3. The van der Waals surface area contributed by atoms with Crippen molar-refractivity contribution in [3.05, 3.63) is 41.5 Å². The monoisotopic (exact) mass is 327 g/mol. The average molecular weight is 327 g/mol. The molecule has 0 N–H and O–H groups in total. The van der Waals surface area contributed by atoms with Crippen molar-refractivity contribution in [1.82, 2.24) is 15.0 Å². The van der Waals surface area contributed by atoms with Crippen LogP contribution in [0.1, 0.15) is 42.7 Å². The van der Waals surface area contributed by atoms with Gasteiger partial charge in [-0.3, -0.25) is 9.78 Å². The molecule has 0 bridgehead atoms. The first kappa shape index (κ1) is 15.2. The van der Waals surface area contributed by atoms with Crippen LogP contribution < -0.4 is 4.74 Å². The number of fused-ring (bicyclic) bond motifs is 1. The molecule has 2 aromatic heterocycles. The minimum atomic E-state index is 0.210. The third-order valence-corrected chi connectivity index (χ3v) is 4.93. The summed E-state index contributed by atoms with van der Waals surface area (Å²) in [7, 11) is 0. The molecular weight excluding hydrogens is 306 g/mol. The van der Waals surface area contributed by atoms with Crippen molar-refractivity contribution in [3.63, 3.8) is 0 Å². The van der Waals surface area contributed by atoms with E-state index in [-0.39, 0.29) is 5.92 Å². The predicted octanol–water partition coefficient (Wildman–Crippen LogP) is 2.72. The SMILES string of the molecule is O=C(C1CCCC1)N1CCc2onc(COc3cccnc3)c2C1. The molecule has 3 heterocycles. The van der Waals surface area contributed by atoms with Gasteiger partial charge >= 0.3 is 0 Å². The van der Waals surface area contributed by atoms with Gasteiger partial charge in [-0.2, -0.15) is 0 Å². The van der Waals surface area contributed by atoms with Gasteiger partial charge in [-0.25, -0.2) is 0 Å². The third-order valence-electron chi connectivity index (χ3n) is 4.93. The Morgan fingerprint density at radius 1 is 1.38 bits per heavy atom. The Balaban J connectivity index is 1.44. The normalized spacial score (nSPS) is 17.8. The van der Waals surface area contributed by atoms with Gasteiger partial charge in [0.25, 0.3) is 0 Å². The van der Waals surface area contributed by atoms with E-state index in [1.165, 1.54) is 12.8 Å². The molecule has 1 aliphatic carbocycles. The zero-order valence-corrected chi connectivity index (χ0v) is 13.6. The summed E-state index contributed by atoms with van der Waals surface area (Å²) in [6.07, 6.45) is 8.51. The Morgan fingerprint density at radius 3 is 3.04 bits per heavy atom. The third kappa shape index (κ3) is 3.00. The summed E-state index contributed by atoms with van der Waals surface area (Å²) in [6.45, 7) is 1.64. The molecule has 24 heavy (non-hydrogen) atoms. The molecule has 4 rings (SSSR count). The van der Waals surface area contributed by atoms with Crippen LogP contribution in [0.3, 0.4) is 0 Å². The molecule has 126 valence electrons. The molecule has 0 saturated heterocycles. The van der Waals surface area contributed by atoms with Crippen molar-refractivity contribution in [3.8, 4) is 5.75 Å². The van der Waals surface area contributed by atoms with E-state index in [0.717, 1.165) is 42.8 Å². The number of carbonyl (C=O) groups is 1. The van der Waals surface area contributed by atoms with Crippen molar-refractivity contribution in [2.24, 2.45) is 5.92 Å². The van der Waals surface area contributed by atoms with Gasteiger partial charge in [0.15, 0.2) is 0 Å². The van der Waals surface area contributed by atoms with Gasteiger partial charge in [0.1, 0.15) is 23.8 Å². The van der Waals surface area contributed by atoms with Crippen molar-refractivity contribution >= 4 is 5.91 Å². The topological polar surface area (TPSA) is 68.5 Å². The Labute approximate surface area is 140 Å². The highest BCUT2D eigenvalue weighted by atomic mass is 16.5. The number of aromatic nitrogens is 2. The zero-order chi connectivity index (χ0) is 16.4. The lowest BCUT2D eigenvalue weighted by atomic mass is 10.0. The maximum Gasteiger partial charge on any atom is 0.225 e. The molecule has 1 amide bonds. The molecule has 1 aliphatic heterocycles. The fourth-order valence-electron chi connectivity index (χ4n) is 3.58. The van der Waals surface area contributed by atoms with Crippen molar-refractivity contribution in [1.29, 1.82) is 0 Å². The van der Waals surface area contributed by atoms with Gasteiger partial charge in [0.05, 0.1) is 12.7 Å². The summed E-state index contributed by atoms with van der Waals surface area (Å²) in [5, 5.41) is 4.15. The van der Waals surface area contributed by atoms with E-state index in [1.807, 2.05) is 17.0 Å². The number of hydrogen-bond acceptors (Lipinski definition) is 5. The highest BCUT2D eigenvalue weighted by Gasteiger charge is 2.32. The molecule has 2 aliphatic rings. The number of hydrogen-bond donors (Lipinski definition) is 0. The van der Waals surface area contributed by atoms with Crippen LogP contribution in [0.15, 0.2) is 29.0 Å². The molecular formula is C18H21N3O3. The average Bonchev–Trinajstić information content (AvgIpc) is 3.30. The summed E-state index contributed by atoms with van der Waals surface area (Å²) >= 11 is 0. The van der Waals surface area contributed by atoms with Gasteiger partial charge in [0.2, 0.25) is 5.91 Å². The lowest BCUT2D eigenvalue weighted by Crippen LogP contribution is -2.39. The van der Waals surface area contributed by atoms with E-state index in [1.54, 1.807) is 12.4 Å². The van der Waals surface area contributed by atoms with Crippen LogP contribution in [0.2, 0.25) is 0 Å². The Bertz CT molecular complexity index is 708. The highest BCUT2D eigenvalue weighted by molar-refractivity contribution is 5.79. The molecule has 0 unspecified atom stereocenters. The van der Waals surface area contributed by atoms with Crippen LogP contribution in [0.4, 0.5) is 0 Å². The van der Waals surface area contributed by atoms with E-state index in [9.17, 15) is 4.79 Å². The lowest BCUT2D eigenvalue weighted by molar-refractivity contribution is -0.136. The largest absolute Gasteiger partial charge is 0.486 e.